The molecule has 0 fully saturated rings. The Balaban J connectivity index is 1.29. The van der Waals surface area contributed by atoms with Crippen molar-refractivity contribution >= 4 is 58.0 Å². The minimum atomic E-state index is 0.902. The molecule has 4 rings (SSSR count). The Labute approximate surface area is 178 Å². The fourth-order valence-corrected chi connectivity index (χ4v) is 7.26. The monoisotopic (exact) mass is 446 g/mol. The molecule has 2 aromatic heterocycles. The highest BCUT2D eigenvalue weighted by Crippen LogP contribution is 2.37. The van der Waals surface area contributed by atoms with Crippen molar-refractivity contribution in [2.24, 2.45) is 0 Å². The molecule has 0 aliphatic rings. The quantitative estimate of drug-likeness (QED) is 0.302. The number of benzene rings is 2. The maximum Gasteiger partial charge on any atom is 0.182 e. The lowest BCUT2D eigenvalue weighted by atomic mass is 10.2. The zero-order valence-electron chi connectivity index (χ0n) is 14.0. The van der Waals surface area contributed by atoms with Gasteiger partial charge in [0, 0.05) is 11.5 Å². The Kier molecular flexibility index (Phi) is 6.81. The van der Waals surface area contributed by atoms with E-state index in [1.807, 2.05) is 12.1 Å². The minimum Gasteiger partial charge on any atom is -0.131 e. The summed E-state index contributed by atoms with van der Waals surface area (Å²) < 4.78 is 3.76. The molecule has 0 aliphatic heterocycles. The van der Waals surface area contributed by atoms with E-state index < -0.39 is 0 Å². The number of hydrogen-bond acceptors (Lipinski definition) is 9. The van der Waals surface area contributed by atoms with Crippen LogP contribution >= 0.6 is 58.0 Å². The third-order valence-electron chi connectivity index (χ3n) is 3.36. The van der Waals surface area contributed by atoms with Crippen LogP contribution in [0, 0.1) is 0 Å². The van der Waals surface area contributed by atoms with Crippen molar-refractivity contribution in [3.8, 4) is 0 Å². The van der Waals surface area contributed by atoms with E-state index in [9.17, 15) is 0 Å². The van der Waals surface area contributed by atoms with Crippen LogP contribution in [0.4, 0.5) is 0 Å². The Morgan fingerprint density at radius 3 is 1.41 bits per heavy atom. The summed E-state index contributed by atoms with van der Waals surface area (Å²) in [5.41, 5.74) is 2.58. The Morgan fingerprint density at radius 1 is 0.556 bits per heavy atom. The molecular weight excluding hydrogens is 433 g/mol. The lowest BCUT2D eigenvalue weighted by molar-refractivity contribution is 0.939. The summed E-state index contributed by atoms with van der Waals surface area (Å²) in [5, 5.41) is 17.1. The summed E-state index contributed by atoms with van der Waals surface area (Å²) in [6, 6.07) is 20.8. The Hall–Kier alpha value is -1.39. The Bertz CT molecular complexity index is 892. The minimum absolute atomic E-state index is 0.902. The second-order valence-corrected chi connectivity index (χ2v) is 11.2. The van der Waals surface area contributed by atoms with Crippen molar-refractivity contribution in [3.05, 3.63) is 71.8 Å². The lowest BCUT2D eigenvalue weighted by Crippen LogP contribution is -1.78. The van der Waals surface area contributed by atoms with Crippen molar-refractivity contribution in [3.63, 3.8) is 0 Å². The first-order valence-electron chi connectivity index (χ1n) is 8.03. The smallest absolute Gasteiger partial charge is 0.131 e. The summed E-state index contributed by atoms with van der Waals surface area (Å²) in [6.07, 6.45) is 0. The molecule has 0 saturated heterocycles. The number of aromatic nitrogens is 4. The molecular formula is C18H14N4S5. The van der Waals surface area contributed by atoms with Crippen LogP contribution < -0.4 is 0 Å². The van der Waals surface area contributed by atoms with Gasteiger partial charge in [-0.1, -0.05) is 107 Å². The topological polar surface area (TPSA) is 51.6 Å². The van der Waals surface area contributed by atoms with Gasteiger partial charge in [0.2, 0.25) is 0 Å². The van der Waals surface area contributed by atoms with Gasteiger partial charge in [0.15, 0.2) is 17.4 Å². The van der Waals surface area contributed by atoms with E-state index in [-0.39, 0.29) is 0 Å². The van der Waals surface area contributed by atoms with Gasteiger partial charge in [-0.2, -0.15) is 0 Å². The third kappa shape index (κ3) is 5.79. The molecule has 0 spiro atoms. The largest absolute Gasteiger partial charge is 0.182 e. The van der Waals surface area contributed by atoms with Gasteiger partial charge < -0.3 is 0 Å². The fraction of sp³-hybridized carbons (Fsp3) is 0.111. The van der Waals surface area contributed by atoms with E-state index in [1.54, 1.807) is 46.2 Å². The zero-order chi connectivity index (χ0) is 18.3. The van der Waals surface area contributed by atoms with Crippen molar-refractivity contribution in [2.75, 3.05) is 0 Å². The molecule has 9 heteroatoms. The van der Waals surface area contributed by atoms with Gasteiger partial charge in [-0.05, 0) is 22.9 Å². The molecule has 0 unspecified atom stereocenters. The molecule has 4 aromatic rings. The third-order valence-corrected chi connectivity index (χ3v) is 8.72. The van der Waals surface area contributed by atoms with E-state index in [0.29, 0.717) is 0 Å². The normalized spacial score (nSPS) is 11.0. The average Bonchev–Trinajstić information content (AvgIpc) is 3.36. The van der Waals surface area contributed by atoms with Crippen molar-refractivity contribution < 1.29 is 0 Å². The maximum absolute atomic E-state index is 4.27. The van der Waals surface area contributed by atoms with Gasteiger partial charge in [0.25, 0.3) is 0 Å². The number of rotatable bonds is 8. The molecule has 0 saturated carbocycles. The van der Waals surface area contributed by atoms with Crippen LogP contribution in [0.2, 0.25) is 0 Å². The van der Waals surface area contributed by atoms with E-state index >= 15 is 0 Å². The molecule has 0 amide bonds. The maximum atomic E-state index is 4.27. The van der Waals surface area contributed by atoms with Crippen LogP contribution in [0.5, 0.6) is 0 Å². The molecule has 4 nitrogen and oxygen atoms in total. The number of hydrogen-bond donors (Lipinski definition) is 0. The van der Waals surface area contributed by atoms with Crippen molar-refractivity contribution in [2.45, 2.75) is 28.9 Å². The predicted molar refractivity (Wildman–Crippen MR) is 116 cm³/mol. The summed E-state index contributed by atoms with van der Waals surface area (Å²) in [7, 11) is 0. The average molecular weight is 447 g/mol. The van der Waals surface area contributed by atoms with Crippen LogP contribution in [0.15, 0.2) is 78.0 Å². The molecule has 0 aliphatic carbocycles. The first-order valence-corrected chi connectivity index (χ1v) is 12.5. The van der Waals surface area contributed by atoms with E-state index in [1.165, 1.54) is 22.9 Å². The second kappa shape index (κ2) is 9.70. The molecule has 0 N–H and O–H groups in total. The van der Waals surface area contributed by atoms with Crippen molar-refractivity contribution in [1.29, 1.82) is 0 Å². The summed E-state index contributed by atoms with van der Waals surface area (Å²) in [5.74, 6) is 1.80. The van der Waals surface area contributed by atoms with Gasteiger partial charge in [-0.25, -0.2) is 0 Å². The van der Waals surface area contributed by atoms with Gasteiger partial charge >= 0.3 is 0 Å². The molecule has 27 heavy (non-hydrogen) atoms. The van der Waals surface area contributed by atoms with Crippen LogP contribution in [0.25, 0.3) is 0 Å². The molecule has 136 valence electrons. The number of nitrogens with zero attached hydrogens (tertiary/aromatic N) is 4. The van der Waals surface area contributed by atoms with E-state index in [2.05, 4.69) is 68.9 Å². The van der Waals surface area contributed by atoms with Crippen LogP contribution in [-0.4, -0.2) is 20.4 Å². The van der Waals surface area contributed by atoms with Crippen molar-refractivity contribution in [1.82, 2.24) is 20.4 Å². The Morgan fingerprint density at radius 2 is 0.963 bits per heavy atom. The van der Waals surface area contributed by atoms with Crippen LogP contribution in [-0.2, 0) is 11.5 Å². The van der Waals surface area contributed by atoms with Crippen LogP contribution in [0.1, 0.15) is 11.1 Å². The lowest BCUT2D eigenvalue weighted by Gasteiger charge is -1.96. The fourth-order valence-electron chi connectivity index (χ4n) is 2.11. The molecule has 0 bridgehead atoms. The SMILES string of the molecule is c1ccc(CSc2nnc(Sc3nnc(SCc4ccccc4)s3)s2)cc1. The highest BCUT2D eigenvalue weighted by molar-refractivity contribution is 8.04. The van der Waals surface area contributed by atoms with E-state index in [4.69, 9.17) is 0 Å². The molecule has 2 heterocycles. The second-order valence-electron chi connectivity index (χ2n) is 5.32. The van der Waals surface area contributed by atoms with Gasteiger partial charge in [0.05, 0.1) is 0 Å². The molecule has 0 atom stereocenters. The first kappa shape index (κ1) is 18.9. The summed E-state index contributed by atoms with van der Waals surface area (Å²) in [4.78, 5) is 0. The summed E-state index contributed by atoms with van der Waals surface area (Å²) in [6.45, 7) is 0. The zero-order valence-corrected chi connectivity index (χ0v) is 18.1. The highest BCUT2D eigenvalue weighted by Gasteiger charge is 2.11. The number of thioether (sulfide) groups is 2. The standard InChI is InChI=1S/C18H14N4S5/c1-3-7-13(8-4-1)11-23-15-19-21-17(25-15)27-18-22-20-16(26-18)24-12-14-9-5-2-6-10-14/h1-10H,11-12H2. The molecule has 0 radical (unpaired) electrons. The first-order chi connectivity index (χ1) is 13.3. The van der Waals surface area contributed by atoms with Gasteiger partial charge in [0.1, 0.15) is 0 Å². The van der Waals surface area contributed by atoms with E-state index in [0.717, 1.165) is 28.9 Å². The molecule has 2 aromatic carbocycles. The summed E-state index contributed by atoms with van der Waals surface area (Å²) >= 11 is 8.16. The van der Waals surface area contributed by atoms with Gasteiger partial charge in [-0.15, -0.1) is 20.4 Å². The highest BCUT2D eigenvalue weighted by atomic mass is 32.2. The predicted octanol–water partition coefficient (Wildman–Crippen LogP) is 6.13. The van der Waals surface area contributed by atoms with Crippen LogP contribution in [0.3, 0.4) is 0 Å². The van der Waals surface area contributed by atoms with Gasteiger partial charge in [-0.3, -0.25) is 0 Å².